The van der Waals surface area contributed by atoms with Crippen LogP contribution in [-0.4, -0.2) is 12.3 Å². The number of Topliss-reactive ketones (excluding diaryl/α,β-unsaturated/α-hetero) is 1. The highest BCUT2D eigenvalue weighted by molar-refractivity contribution is 5.98. The second-order valence-corrected chi connectivity index (χ2v) is 7.60. The number of benzene rings is 1. The van der Waals surface area contributed by atoms with Crippen LogP contribution in [0.3, 0.4) is 0 Å². The molecule has 1 aromatic rings. The topological polar surface area (TPSA) is 43.1 Å². The standard InChI is InChI=1S/C23H37F2NO/c1-2-3-4-5-6-7-8-9-10-11-12-13-14-20(18-26)23(27)19-15-16-21(24)22(25)17-19/h15-17,20H,2-14,18,26H2,1H3. The van der Waals surface area contributed by atoms with Gasteiger partial charge in [-0.3, -0.25) is 4.79 Å². The van der Waals surface area contributed by atoms with E-state index in [9.17, 15) is 13.6 Å². The quantitative estimate of drug-likeness (QED) is 0.252. The van der Waals surface area contributed by atoms with Crippen molar-refractivity contribution < 1.29 is 13.6 Å². The number of halogens is 2. The van der Waals surface area contributed by atoms with Gasteiger partial charge < -0.3 is 5.73 Å². The summed E-state index contributed by atoms with van der Waals surface area (Å²) < 4.78 is 26.3. The molecule has 4 heteroatoms. The molecular formula is C23H37F2NO. The van der Waals surface area contributed by atoms with Gasteiger partial charge in [0.15, 0.2) is 17.4 Å². The summed E-state index contributed by atoms with van der Waals surface area (Å²) in [4.78, 5) is 12.4. The monoisotopic (exact) mass is 381 g/mol. The van der Waals surface area contributed by atoms with E-state index in [1.54, 1.807) is 0 Å². The fraction of sp³-hybridized carbons (Fsp3) is 0.696. The van der Waals surface area contributed by atoms with Crippen molar-refractivity contribution in [3.05, 3.63) is 35.4 Å². The molecule has 0 aliphatic rings. The summed E-state index contributed by atoms with van der Waals surface area (Å²) in [5, 5.41) is 0. The number of hydrogen-bond donors (Lipinski definition) is 1. The first-order valence-electron chi connectivity index (χ1n) is 10.8. The highest BCUT2D eigenvalue weighted by Crippen LogP contribution is 2.19. The van der Waals surface area contributed by atoms with Gasteiger partial charge in [-0.1, -0.05) is 84.0 Å². The second-order valence-electron chi connectivity index (χ2n) is 7.60. The highest BCUT2D eigenvalue weighted by Gasteiger charge is 2.19. The fourth-order valence-electron chi connectivity index (χ4n) is 3.47. The van der Waals surface area contributed by atoms with Crippen LogP contribution in [0.15, 0.2) is 18.2 Å². The summed E-state index contributed by atoms with van der Waals surface area (Å²) in [6, 6.07) is 3.31. The molecule has 1 aromatic carbocycles. The minimum atomic E-state index is -0.984. The van der Waals surface area contributed by atoms with Crippen molar-refractivity contribution in [2.75, 3.05) is 6.54 Å². The number of unbranched alkanes of at least 4 members (excludes halogenated alkanes) is 11. The molecule has 1 atom stereocenters. The van der Waals surface area contributed by atoms with Gasteiger partial charge in [0.25, 0.3) is 0 Å². The Morgan fingerprint density at radius 2 is 1.37 bits per heavy atom. The first-order valence-corrected chi connectivity index (χ1v) is 10.8. The maximum Gasteiger partial charge on any atom is 0.167 e. The van der Waals surface area contributed by atoms with Gasteiger partial charge in [-0.2, -0.15) is 0 Å². The van der Waals surface area contributed by atoms with Crippen molar-refractivity contribution in [2.24, 2.45) is 11.7 Å². The summed E-state index contributed by atoms with van der Waals surface area (Å²) in [5.41, 5.74) is 5.94. The molecule has 0 radical (unpaired) electrons. The molecule has 0 aliphatic carbocycles. The molecule has 0 aliphatic heterocycles. The molecule has 0 saturated carbocycles. The van der Waals surface area contributed by atoms with E-state index in [0.29, 0.717) is 6.42 Å². The summed E-state index contributed by atoms with van der Waals surface area (Å²) in [5.74, 6) is -2.41. The van der Waals surface area contributed by atoms with E-state index in [1.165, 1.54) is 70.3 Å². The Morgan fingerprint density at radius 1 is 0.852 bits per heavy atom. The van der Waals surface area contributed by atoms with Crippen molar-refractivity contribution in [1.82, 2.24) is 0 Å². The normalized spacial score (nSPS) is 12.3. The Bertz CT molecular complexity index is 533. The molecule has 0 aromatic heterocycles. The molecule has 0 spiro atoms. The Labute approximate surface area is 163 Å². The van der Waals surface area contributed by atoms with Gasteiger partial charge >= 0.3 is 0 Å². The van der Waals surface area contributed by atoms with Crippen LogP contribution in [0.25, 0.3) is 0 Å². The van der Waals surface area contributed by atoms with Gasteiger partial charge in [-0.15, -0.1) is 0 Å². The Kier molecular flexibility index (Phi) is 13.0. The Balaban J connectivity index is 2.11. The number of rotatable bonds is 16. The molecule has 154 valence electrons. The number of hydrogen-bond acceptors (Lipinski definition) is 2. The molecule has 0 bridgehead atoms. The van der Waals surface area contributed by atoms with Gasteiger partial charge in [0, 0.05) is 18.0 Å². The highest BCUT2D eigenvalue weighted by atomic mass is 19.2. The molecule has 1 rings (SSSR count). The lowest BCUT2D eigenvalue weighted by atomic mass is 9.92. The van der Waals surface area contributed by atoms with Crippen molar-refractivity contribution >= 4 is 5.78 Å². The Hall–Kier alpha value is -1.29. The van der Waals surface area contributed by atoms with E-state index in [4.69, 9.17) is 5.73 Å². The van der Waals surface area contributed by atoms with Crippen LogP contribution in [0.5, 0.6) is 0 Å². The molecule has 1 unspecified atom stereocenters. The van der Waals surface area contributed by atoms with E-state index >= 15 is 0 Å². The summed E-state index contributed by atoms with van der Waals surface area (Å²) in [7, 11) is 0. The van der Waals surface area contributed by atoms with Crippen molar-refractivity contribution in [3.63, 3.8) is 0 Å². The van der Waals surface area contributed by atoms with Gasteiger partial charge in [0.2, 0.25) is 0 Å². The lowest BCUT2D eigenvalue weighted by molar-refractivity contribution is 0.0915. The zero-order valence-electron chi connectivity index (χ0n) is 17.0. The van der Waals surface area contributed by atoms with Crippen LogP contribution in [-0.2, 0) is 0 Å². The van der Waals surface area contributed by atoms with Crippen LogP contribution in [0.4, 0.5) is 8.78 Å². The molecule has 2 N–H and O–H groups in total. The molecule has 0 fully saturated rings. The smallest absolute Gasteiger partial charge is 0.167 e. The van der Waals surface area contributed by atoms with Crippen LogP contribution < -0.4 is 5.73 Å². The van der Waals surface area contributed by atoms with Gasteiger partial charge in [-0.05, 0) is 24.6 Å². The van der Waals surface area contributed by atoms with Crippen molar-refractivity contribution in [2.45, 2.75) is 90.4 Å². The van der Waals surface area contributed by atoms with Gasteiger partial charge in [0.1, 0.15) is 0 Å². The first-order chi connectivity index (χ1) is 13.1. The molecule has 0 heterocycles. The van der Waals surface area contributed by atoms with Crippen LogP contribution >= 0.6 is 0 Å². The van der Waals surface area contributed by atoms with E-state index in [0.717, 1.165) is 25.0 Å². The summed E-state index contributed by atoms with van der Waals surface area (Å²) in [6.45, 7) is 2.49. The third-order valence-corrected chi connectivity index (χ3v) is 5.27. The van der Waals surface area contributed by atoms with Crippen molar-refractivity contribution in [1.29, 1.82) is 0 Å². The molecule has 0 amide bonds. The minimum absolute atomic E-state index is 0.181. The van der Waals surface area contributed by atoms with Crippen LogP contribution in [0, 0.1) is 17.6 Å². The molecule has 2 nitrogen and oxygen atoms in total. The zero-order valence-corrected chi connectivity index (χ0v) is 17.0. The predicted octanol–water partition coefficient (Wildman–Crippen LogP) is 6.81. The van der Waals surface area contributed by atoms with E-state index in [-0.39, 0.29) is 23.8 Å². The number of ketones is 1. The largest absolute Gasteiger partial charge is 0.330 e. The fourth-order valence-corrected chi connectivity index (χ4v) is 3.47. The lowest BCUT2D eigenvalue weighted by Crippen LogP contribution is -2.24. The number of carbonyl (C=O) groups excluding carboxylic acids is 1. The SMILES string of the molecule is CCCCCCCCCCCCCCC(CN)C(=O)c1ccc(F)c(F)c1. The molecular weight excluding hydrogens is 344 g/mol. The second kappa shape index (κ2) is 14.7. The Morgan fingerprint density at radius 3 is 1.85 bits per heavy atom. The predicted molar refractivity (Wildman–Crippen MR) is 109 cm³/mol. The van der Waals surface area contributed by atoms with Crippen LogP contribution in [0.2, 0.25) is 0 Å². The van der Waals surface area contributed by atoms with E-state index in [1.807, 2.05) is 0 Å². The summed E-state index contributed by atoms with van der Waals surface area (Å²) in [6.07, 6.45) is 16.0. The maximum absolute atomic E-state index is 13.3. The molecule has 27 heavy (non-hydrogen) atoms. The average molecular weight is 382 g/mol. The molecule has 0 saturated heterocycles. The van der Waals surface area contributed by atoms with Crippen molar-refractivity contribution in [3.8, 4) is 0 Å². The number of carbonyl (C=O) groups is 1. The van der Waals surface area contributed by atoms with Gasteiger partial charge in [-0.25, -0.2) is 8.78 Å². The average Bonchev–Trinajstić information content (AvgIpc) is 2.67. The maximum atomic E-state index is 13.3. The minimum Gasteiger partial charge on any atom is -0.330 e. The third-order valence-electron chi connectivity index (χ3n) is 5.27. The third kappa shape index (κ3) is 9.99. The first kappa shape index (κ1) is 23.7. The van der Waals surface area contributed by atoms with Gasteiger partial charge in [0.05, 0.1) is 0 Å². The van der Waals surface area contributed by atoms with E-state index in [2.05, 4.69) is 6.92 Å². The lowest BCUT2D eigenvalue weighted by Gasteiger charge is -2.13. The van der Waals surface area contributed by atoms with Crippen LogP contribution in [0.1, 0.15) is 101 Å². The summed E-state index contributed by atoms with van der Waals surface area (Å²) >= 11 is 0. The number of nitrogens with two attached hydrogens (primary N) is 1. The van der Waals surface area contributed by atoms with E-state index < -0.39 is 11.6 Å². The zero-order chi connectivity index (χ0) is 19.9.